The van der Waals surface area contributed by atoms with Crippen molar-refractivity contribution >= 4 is 5.78 Å². The summed E-state index contributed by atoms with van der Waals surface area (Å²) in [6.45, 7) is 4.17. The first-order valence-electron chi connectivity index (χ1n) is 5.18. The molecule has 1 unspecified atom stereocenters. The number of hydrogen-bond acceptors (Lipinski definition) is 2. The van der Waals surface area contributed by atoms with Crippen molar-refractivity contribution in [2.24, 2.45) is 17.8 Å². The summed E-state index contributed by atoms with van der Waals surface area (Å²) in [6.07, 6.45) is 5.81. The third-order valence-electron chi connectivity index (χ3n) is 3.39. The molecule has 2 rings (SSSR count). The van der Waals surface area contributed by atoms with Gasteiger partial charge in [0.2, 0.25) is 0 Å². The molecular weight excluding hydrogens is 162 g/mol. The predicted molar refractivity (Wildman–Crippen MR) is 52.4 cm³/mol. The summed E-state index contributed by atoms with van der Waals surface area (Å²) in [7, 11) is 0. The van der Waals surface area contributed by atoms with E-state index in [4.69, 9.17) is 0 Å². The molecule has 13 heavy (non-hydrogen) atoms. The molecule has 0 radical (unpaired) electrons. The first kappa shape index (κ1) is 8.95. The van der Waals surface area contributed by atoms with Crippen LogP contribution in [0, 0.1) is 17.8 Å². The molecule has 0 bridgehead atoms. The Bertz CT molecular complexity index is 222. The highest BCUT2D eigenvalue weighted by atomic mass is 16.1. The number of hydrogen-bond donors (Lipinski definition) is 1. The van der Waals surface area contributed by atoms with Gasteiger partial charge in [0.1, 0.15) is 0 Å². The Labute approximate surface area is 79.4 Å². The van der Waals surface area contributed by atoms with Gasteiger partial charge >= 0.3 is 0 Å². The fourth-order valence-corrected chi connectivity index (χ4v) is 2.70. The molecule has 2 heteroatoms. The lowest BCUT2D eigenvalue weighted by Crippen LogP contribution is -2.15. The highest BCUT2D eigenvalue weighted by Crippen LogP contribution is 2.38. The number of allylic oxidation sites excluding steroid dienone is 2. The minimum atomic E-state index is 0.327. The van der Waals surface area contributed by atoms with Crippen LogP contribution in [0.4, 0.5) is 0 Å². The van der Waals surface area contributed by atoms with Crippen molar-refractivity contribution in [3.63, 3.8) is 0 Å². The Hall–Kier alpha value is -0.630. The molecule has 1 saturated carbocycles. The van der Waals surface area contributed by atoms with Gasteiger partial charge in [-0.15, -0.1) is 0 Å². The predicted octanol–water partition coefficient (Wildman–Crippen LogP) is 1.38. The number of fused-ring (bicyclic) bond motifs is 1. The van der Waals surface area contributed by atoms with E-state index in [0.29, 0.717) is 11.7 Å². The topological polar surface area (TPSA) is 29.1 Å². The second kappa shape index (κ2) is 3.62. The van der Waals surface area contributed by atoms with Crippen LogP contribution >= 0.6 is 0 Å². The third-order valence-corrected chi connectivity index (χ3v) is 3.39. The van der Waals surface area contributed by atoms with Crippen molar-refractivity contribution in [2.75, 3.05) is 13.1 Å². The molecule has 0 aromatic heterocycles. The van der Waals surface area contributed by atoms with Gasteiger partial charge in [-0.25, -0.2) is 0 Å². The Balaban J connectivity index is 1.95. The number of carbonyl (C=O) groups is 1. The maximum Gasteiger partial charge on any atom is 0.158 e. The molecule has 1 aliphatic heterocycles. The van der Waals surface area contributed by atoms with Gasteiger partial charge in [-0.05, 0) is 50.8 Å². The van der Waals surface area contributed by atoms with E-state index in [0.717, 1.165) is 37.8 Å². The summed E-state index contributed by atoms with van der Waals surface area (Å²) < 4.78 is 0. The maximum atomic E-state index is 11.6. The van der Waals surface area contributed by atoms with Gasteiger partial charge in [0.25, 0.3) is 0 Å². The number of rotatable bonds is 2. The molecular formula is C11H17NO. The average Bonchev–Trinajstić information content (AvgIpc) is 2.61. The van der Waals surface area contributed by atoms with Crippen LogP contribution in [0.15, 0.2) is 12.2 Å². The van der Waals surface area contributed by atoms with E-state index in [2.05, 4.69) is 5.32 Å². The number of ketones is 1. The van der Waals surface area contributed by atoms with Crippen LogP contribution in [0.1, 0.15) is 19.8 Å². The second-order valence-electron chi connectivity index (χ2n) is 4.25. The summed E-state index contributed by atoms with van der Waals surface area (Å²) in [5.74, 6) is 2.23. The molecule has 1 aliphatic carbocycles. The quantitative estimate of drug-likeness (QED) is 0.649. The van der Waals surface area contributed by atoms with E-state index in [1.165, 1.54) is 0 Å². The Morgan fingerprint density at radius 1 is 1.31 bits per heavy atom. The molecule has 2 nitrogen and oxygen atoms in total. The van der Waals surface area contributed by atoms with Crippen LogP contribution < -0.4 is 5.32 Å². The molecule has 1 saturated heterocycles. The van der Waals surface area contributed by atoms with Crippen molar-refractivity contribution in [1.29, 1.82) is 0 Å². The molecule has 72 valence electrons. The lowest BCUT2D eigenvalue weighted by molar-refractivity contribution is -0.118. The van der Waals surface area contributed by atoms with Crippen molar-refractivity contribution in [1.82, 2.24) is 5.32 Å². The highest BCUT2D eigenvalue weighted by molar-refractivity contribution is 5.91. The van der Waals surface area contributed by atoms with Gasteiger partial charge < -0.3 is 5.32 Å². The van der Waals surface area contributed by atoms with Crippen LogP contribution in [-0.2, 0) is 4.79 Å². The van der Waals surface area contributed by atoms with Crippen molar-refractivity contribution in [3.8, 4) is 0 Å². The molecule has 3 atom stereocenters. The van der Waals surface area contributed by atoms with Crippen LogP contribution in [-0.4, -0.2) is 18.9 Å². The molecule has 0 spiro atoms. The van der Waals surface area contributed by atoms with Crippen molar-refractivity contribution in [2.45, 2.75) is 19.8 Å². The first-order chi connectivity index (χ1) is 6.31. The van der Waals surface area contributed by atoms with Gasteiger partial charge in [-0.1, -0.05) is 6.08 Å². The van der Waals surface area contributed by atoms with Gasteiger partial charge in [0.05, 0.1) is 0 Å². The first-order valence-corrected chi connectivity index (χ1v) is 5.18. The van der Waals surface area contributed by atoms with Crippen molar-refractivity contribution in [3.05, 3.63) is 12.2 Å². The smallest absolute Gasteiger partial charge is 0.158 e. The summed E-state index contributed by atoms with van der Waals surface area (Å²) in [4.78, 5) is 11.6. The number of nitrogens with one attached hydrogen (secondary N) is 1. The lowest BCUT2D eigenvalue weighted by Gasteiger charge is -2.06. The van der Waals surface area contributed by atoms with Gasteiger partial charge in [0, 0.05) is 5.92 Å². The van der Waals surface area contributed by atoms with E-state index in [1.807, 2.05) is 13.0 Å². The minimum Gasteiger partial charge on any atom is -0.316 e. The van der Waals surface area contributed by atoms with Crippen LogP contribution in [0.2, 0.25) is 0 Å². The average molecular weight is 179 g/mol. The van der Waals surface area contributed by atoms with Crippen LogP contribution in [0.25, 0.3) is 0 Å². The standard InChI is InChI=1S/C11H17NO/c1-2-3-11(13)8-4-9-6-12-7-10(9)5-8/h2-3,8-10,12H,4-7H2,1H3/b3-2+/t8?,9-,10+. The van der Waals surface area contributed by atoms with Gasteiger partial charge in [-0.3, -0.25) is 4.79 Å². The third kappa shape index (κ3) is 1.68. The lowest BCUT2D eigenvalue weighted by atomic mass is 10.0. The van der Waals surface area contributed by atoms with E-state index >= 15 is 0 Å². The van der Waals surface area contributed by atoms with Gasteiger partial charge in [0.15, 0.2) is 5.78 Å². The molecule has 0 aromatic carbocycles. The van der Waals surface area contributed by atoms with Crippen LogP contribution in [0.5, 0.6) is 0 Å². The zero-order valence-corrected chi connectivity index (χ0v) is 8.12. The summed E-state index contributed by atoms with van der Waals surface area (Å²) in [6, 6.07) is 0. The summed E-state index contributed by atoms with van der Waals surface area (Å²) in [5.41, 5.74) is 0. The largest absolute Gasteiger partial charge is 0.316 e. The normalized spacial score (nSPS) is 38.4. The minimum absolute atomic E-state index is 0.327. The molecule has 1 N–H and O–H groups in total. The molecule has 0 aromatic rings. The van der Waals surface area contributed by atoms with E-state index < -0.39 is 0 Å². The Kier molecular flexibility index (Phi) is 2.49. The zero-order chi connectivity index (χ0) is 9.26. The van der Waals surface area contributed by atoms with Gasteiger partial charge in [-0.2, -0.15) is 0 Å². The summed E-state index contributed by atoms with van der Waals surface area (Å²) >= 11 is 0. The fourth-order valence-electron chi connectivity index (χ4n) is 2.70. The molecule has 0 amide bonds. The van der Waals surface area contributed by atoms with E-state index in [-0.39, 0.29) is 0 Å². The zero-order valence-electron chi connectivity index (χ0n) is 8.12. The fraction of sp³-hybridized carbons (Fsp3) is 0.727. The molecule has 1 heterocycles. The monoisotopic (exact) mass is 179 g/mol. The van der Waals surface area contributed by atoms with Crippen molar-refractivity contribution < 1.29 is 4.79 Å². The summed E-state index contributed by atoms with van der Waals surface area (Å²) in [5, 5.41) is 3.39. The van der Waals surface area contributed by atoms with E-state index in [9.17, 15) is 4.79 Å². The highest BCUT2D eigenvalue weighted by Gasteiger charge is 2.39. The Morgan fingerprint density at radius 2 is 1.92 bits per heavy atom. The van der Waals surface area contributed by atoms with Crippen LogP contribution in [0.3, 0.4) is 0 Å². The Morgan fingerprint density at radius 3 is 2.46 bits per heavy atom. The SMILES string of the molecule is C/C=C/C(=O)C1C[C@H]2CNC[C@H]2C1. The van der Waals surface area contributed by atoms with E-state index in [1.54, 1.807) is 6.08 Å². The molecule has 2 fully saturated rings. The maximum absolute atomic E-state index is 11.6. The number of carbonyl (C=O) groups excluding carboxylic acids is 1. The second-order valence-corrected chi connectivity index (χ2v) is 4.25. The molecule has 2 aliphatic rings.